The summed E-state index contributed by atoms with van der Waals surface area (Å²) in [6.45, 7) is 6.73. The molecule has 8 heteroatoms. The average Bonchev–Trinajstić information content (AvgIpc) is 3.21. The number of morpholine rings is 1. The quantitative estimate of drug-likeness (QED) is 0.556. The summed E-state index contributed by atoms with van der Waals surface area (Å²) in [5, 5.41) is 2.33. The van der Waals surface area contributed by atoms with Gasteiger partial charge in [0.1, 0.15) is 11.8 Å². The zero-order valence-electron chi connectivity index (χ0n) is 21.3. The van der Waals surface area contributed by atoms with Gasteiger partial charge in [0, 0.05) is 51.0 Å². The molecule has 3 aliphatic rings. The van der Waals surface area contributed by atoms with Crippen LogP contribution < -0.4 is 5.32 Å². The number of ketones is 1. The van der Waals surface area contributed by atoms with Crippen LogP contribution in [0.3, 0.4) is 0 Å². The van der Waals surface area contributed by atoms with E-state index in [1.807, 2.05) is 18.2 Å². The van der Waals surface area contributed by atoms with Gasteiger partial charge in [0.05, 0.1) is 13.2 Å². The van der Waals surface area contributed by atoms with Gasteiger partial charge in [-0.05, 0) is 53.6 Å². The highest BCUT2D eigenvalue weighted by atomic mass is 16.5. The predicted molar refractivity (Wildman–Crippen MR) is 137 cm³/mol. The summed E-state index contributed by atoms with van der Waals surface area (Å²) in [6, 6.07) is 11.3. The van der Waals surface area contributed by atoms with Gasteiger partial charge in [-0.15, -0.1) is 0 Å². The fourth-order valence-electron chi connectivity index (χ4n) is 5.39. The van der Waals surface area contributed by atoms with Gasteiger partial charge in [0.25, 0.3) is 5.91 Å². The van der Waals surface area contributed by atoms with Gasteiger partial charge in [-0.2, -0.15) is 0 Å². The van der Waals surface area contributed by atoms with Crippen molar-refractivity contribution in [3.05, 3.63) is 69.8 Å². The Morgan fingerprint density at radius 2 is 1.84 bits per heavy atom. The molecule has 1 N–H and O–H groups in total. The molecule has 0 radical (unpaired) electrons. The van der Waals surface area contributed by atoms with Crippen molar-refractivity contribution in [1.29, 1.82) is 0 Å². The molecule has 2 fully saturated rings. The van der Waals surface area contributed by atoms with Crippen LogP contribution in [0.25, 0.3) is 0 Å². The van der Waals surface area contributed by atoms with Crippen molar-refractivity contribution in [3.8, 4) is 0 Å². The summed E-state index contributed by atoms with van der Waals surface area (Å²) in [7, 11) is 0. The standard InChI is InChI=1S/C29H33N3O5/c1-19-2-3-21(15-22(19)17-31-10-12-37-13-11-31)16-24(33)6-4-20-5-7-25-23(14-20)18-32(29(25)36)26-8-9-27(34)30-28(26)35/h2-3,5,7,14-15,26H,4,6,8-13,16-18H2,1H3,(H,30,34,35). The maximum Gasteiger partial charge on any atom is 0.255 e. The number of carbonyl (C=O) groups is 4. The van der Waals surface area contributed by atoms with Gasteiger partial charge >= 0.3 is 0 Å². The first-order valence-electron chi connectivity index (χ1n) is 13.0. The molecule has 1 unspecified atom stereocenters. The minimum Gasteiger partial charge on any atom is -0.379 e. The summed E-state index contributed by atoms with van der Waals surface area (Å²) in [6.07, 6.45) is 2.02. The number of carbonyl (C=O) groups excluding carboxylic acids is 4. The third kappa shape index (κ3) is 5.81. The number of rotatable bonds is 8. The normalized spacial score (nSPS) is 20.2. The number of ether oxygens (including phenoxy) is 1. The van der Waals surface area contributed by atoms with E-state index in [0.29, 0.717) is 37.8 Å². The molecular formula is C29H33N3O5. The number of fused-ring (bicyclic) bond motifs is 1. The second-order valence-electron chi connectivity index (χ2n) is 10.3. The Bertz CT molecular complexity index is 1230. The van der Waals surface area contributed by atoms with E-state index in [1.54, 1.807) is 11.0 Å². The first-order chi connectivity index (χ1) is 17.9. The lowest BCUT2D eigenvalue weighted by Crippen LogP contribution is -2.52. The Kier molecular flexibility index (Phi) is 7.48. The lowest BCUT2D eigenvalue weighted by molar-refractivity contribution is -0.137. The van der Waals surface area contributed by atoms with Crippen LogP contribution in [0.5, 0.6) is 0 Å². The van der Waals surface area contributed by atoms with Crippen molar-refractivity contribution >= 4 is 23.5 Å². The Labute approximate surface area is 217 Å². The predicted octanol–water partition coefficient (Wildman–Crippen LogP) is 2.33. The number of nitrogens with zero attached hydrogens (tertiary/aromatic N) is 2. The lowest BCUT2D eigenvalue weighted by atomic mass is 9.97. The first-order valence-corrected chi connectivity index (χ1v) is 13.0. The molecule has 5 rings (SSSR count). The minimum atomic E-state index is -0.620. The molecule has 1 atom stereocenters. The topological polar surface area (TPSA) is 96.0 Å². The van der Waals surface area contributed by atoms with E-state index in [9.17, 15) is 19.2 Å². The molecule has 2 saturated heterocycles. The number of hydrogen-bond acceptors (Lipinski definition) is 6. The summed E-state index contributed by atoms with van der Waals surface area (Å²) in [4.78, 5) is 53.3. The zero-order valence-corrected chi connectivity index (χ0v) is 21.3. The number of benzene rings is 2. The van der Waals surface area contributed by atoms with Gasteiger partial charge in [0.15, 0.2) is 0 Å². The summed E-state index contributed by atoms with van der Waals surface area (Å²) in [5.41, 5.74) is 6.00. The van der Waals surface area contributed by atoms with Gasteiger partial charge in [-0.3, -0.25) is 29.4 Å². The molecule has 3 heterocycles. The van der Waals surface area contributed by atoms with Crippen molar-refractivity contribution < 1.29 is 23.9 Å². The summed E-state index contributed by atoms with van der Waals surface area (Å²) < 4.78 is 5.45. The number of hydrogen-bond donors (Lipinski definition) is 1. The monoisotopic (exact) mass is 503 g/mol. The molecule has 0 aliphatic carbocycles. The highest BCUT2D eigenvalue weighted by Gasteiger charge is 2.39. The van der Waals surface area contributed by atoms with E-state index in [1.165, 1.54) is 11.1 Å². The fourth-order valence-corrected chi connectivity index (χ4v) is 5.39. The molecule has 0 bridgehead atoms. The number of Topliss-reactive ketones (excluding diaryl/α,β-unsaturated/α-hetero) is 1. The fraction of sp³-hybridized carbons (Fsp3) is 0.448. The molecule has 2 aromatic carbocycles. The van der Waals surface area contributed by atoms with Crippen molar-refractivity contribution in [2.24, 2.45) is 0 Å². The average molecular weight is 504 g/mol. The third-order valence-electron chi connectivity index (χ3n) is 7.59. The van der Waals surface area contributed by atoms with Crippen LogP contribution in [0.4, 0.5) is 0 Å². The van der Waals surface area contributed by atoms with Crippen molar-refractivity contribution in [1.82, 2.24) is 15.1 Å². The van der Waals surface area contributed by atoms with Crippen molar-refractivity contribution in [2.45, 2.75) is 58.2 Å². The van der Waals surface area contributed by atoms with E-state index in [-0.39, 0.29) is 24.0 Å². The molecular weight excluding hydrogens is 470 g/mol. The Morgan fingerprint density at radius 1 is 1.05 bits per heavy atom. The second kappa shape index (κ2) is 10.9. The van der Waals surface area contributed by atoms with Gasteiger partial charge in [0.2, 0.25) is 11.8 Å². The SMILES string of the molecule is Cc1ccc(CC(=O)CCc2ccc3c(c2)CN(C2CCC(=O)NC2=O)C3=O)cc1CN1CCOCC1. The summed E-state index contributed by atoms with van der Waals surface area (Å²) in [5.74, 6) is -0.703. The van der Waals surface area contributed by atoms with Crippen LogP contribution in [0.1, 0.15) is 57.4 Å². The minimum absolute atomic E-state index is 0.181. The largest absolute Gasteiger partial charge is 0.379 e. The van der Waals surface area contributed by atoms with E-state index in [4.69, 9.17) is 4.74 Å². The van der Waals surface area contributed by atoms with Crippen LogP contribution in [0.2, 0.25) is 0 Å². The van der Waals surface area contributed by atoms with E-state index >= 15 is 0 Å². The van der Waals surface area contributed by atoms with Crippen LogP contribution >= 0.6 is 0 Å². The Balaban J connectivity index is 1.17. The number of piperidine rings is 1. The molecule has 194 valence electrons. The summed E-state index contributed by atoms with van der Waals surface area (Å²) >= 11 is 0. The van der Waals surface area contributed by atoms with Crippen LogP contribution in [0.15, 0.2) is 36.4 Å². The molecule has 0 aromatic heterocycles. The first kappa shape index (κ1) is 25.3. The highest BCUT2D eigenvalue weighted by Crippen LogP contribution is 2.28. The molecule has 3 aliphatic heterocycles. The molecule has 37 heavy (non-hydrogen) atoms. The number of amides is 3. The van der Waals surface area contributed by atoms with Gasteiger partial charge in [-0.1, -0.05) is 30.3 Å². The van der Waals surface area contributed by atoms with E-state index in [2.05, 4.69) is 29.3 Å². The smallest absolute Gasteiger partial charge is 0.255 e. The molecule has 0 saturated carbocycles. The maximum atomic E-state index is 12.9. The van der Waals surface area contributed by atoms with E-state index < -0.39 is 11.9 Å². The lowest BCUT2D eigenvalue weighted by Gasteiger charge is -2.29. The zero-order chi connectivity index (χ0) is 25.9. The number of imide groups is 1. The molecule has 3 amide bonds. The van der Waals surface area contributed by atoms with Crippen LogP contribution in [-0.4, -0.2) is 65.6 Å². The third-order valence-corrected chi connectivity index (χ3v) is 7.59. The molecule has 0 spiro atoms. The van der Waals surface area contributed by atoms with Crippen molar-refractivity contribution in [3.63, 3.8) is 0 Å². The van der Waals surface area contributed by atoms with Crippen molar-refractivity contribution in [2.75, 3.05) is 26.3 Å². The Morgan fingerprint density at radius 3 is 2.62 bits per heavy atom. The second-order valence-corrected chi connectivity index (χ2v) is 10.3. The molecule has 8 nitrogen and oxygen atoms in total. The highest BCUT2D eigenvalue weighted by molar-refractivity contribution is 6.05. The Hall–Kier alpha value is -3.36. The van der Waals surface area contributed by atoms with Gasteiger partial charge in [-0.25, -0.2) is 0 Å². The van der Waals surface area contributed by atoms with Crippen LogP contribution in [-0.2, 0) is 45.1 Å². The van der Waals surface area contributed by atoms with Gasteiger partial charge < -0.3 is 9.64 Å². The number of aryl methyl sites for hydroxylation is 2. The van der Waals surface area contributed by atoms with E-state index in [0.717, 1.165) is 49.5 Å². The van der Waals surface area contributed by atoms with Crippen LogP contribution in [0, 0.1) is 6.92 Å². The molecule has 2 aromatic rings. The number of nitrogens with one attached hydrogen (secondary N) is 1. The maximum absolute atomic E-state index is 12.9.